The molecule has 0 aliphatic heterocycles. The third-order valence-electron chi connectivity index (χ3n) is 1.53. The van der Waals surface area contributed by atoms with Crippen LogP contribution >= 0.6 is 0 Å². The number of rotatable bonds is 4. The molecule has 1 rings (SSSR count). The number of hydrogen-bond donors (Lipinski definition) is 3. The summed E-state index contributed by atoms with van der Waals surface area (Å²) in [5, 5.41) is 19.7. The summed E-state index contributed by atoms with van der Waals surface area (Å²) in [5.41, 5.74) is 0.125. The van der Waals surface area contributed by atoms with Crippen molar-refractivity contribution in [1.82, 2.24) is 0 Å². The van der Waals surface area contributed by atoms with Crippen molar-refractivity contribution >= 4 is 18.5 Å². The first kappa shape index (κ1) is 9.76. The SMILES string of the molecule is O=C(CNc1ccccc1)B(O)O. The van der Waals surface area contributed by atoms with Crippen molar-refractivity contribution in [1.29, 1.82) is 0 Å². The Morgan fingerprint density at radius 1 is 1.31 bits per heavy atom. The largest absolute Gasteiger partial charge is 0.528 e. The van der Waals surface area contributed by atoms with Crippen molar-refractivity contribution in [2.75, 3.05) is 11.9 Å². The van der Waals surface area contributed by atoms with Crippen LogP contribution in [0.2, 0.25) is 0 Å². The summed E-state index contributed by atoms with van der Waals surface area (Å²) >= 11 is 0. The van der Waals surface area contributed by atoms with Crippen LogP contribution in [0.3, 0.4) is 0 Å². The second-order valence-electron chi connectivity index (χ2n) is 2.56. The molecule has 0 radical (unpaired) electrons. The van der Waals surface area contributed by atoms with Crippen molar-refractivity contribution in [3.8, 4) is 0 Å². The Kier molecular flexibility index (Phi) is 3.48. The lowest BCUT2D eigenvalue weighted by Gasteiger charge is -2.03. The lowest BCUT2D eigenvalue weighted by atomic mass is 9.84. The first-order valence-corrected chi connectivity index (χ1v) is 3.88. The molecule has 0 atom stereocenters. The van der Waals surface area contributed by atoms with Crippen LogP contribution in [-0.2, 0) is 4.79 Å². The summed E-state index contributed by atoms with van der Waals surface area (Å²) in [6, 6.07) is 9.08. The summed E-state index contributed by atoms with van der Waals surface area (Å²) in [6.45, 7) is -0.0817. The van der Waals surface area contributed by atoms with E-state index in [0.29, 0.717) is 0 Å². The van der Waals surface area contributed by atoms with Gasteiger partial charge in [-0.2, -0.15) is 0 Å². The van der Waals surface area contributed by atoms with E-state index >= 15 is 0 Å². The van der Waals surface area contributed by atoms with E-state index in [4.69, 9.17) is 10.0 Å². The molecule has 13 heavy (non-hydrogen) atoms. The summed E-state index contributed by atoms with van der Waals surface area (Å²) in [5.74, 6) is 0. The predicted molar refractivity (Wildman–Crippen MR) is 50.1 cm³/mol. The predicted octanol–water partition coefficient (Wildman–Crippen LogP) is -0.320. The average molecular weight is 179 g/mol. The zero-order valence-corrected chi connectivity index (χ0v) is 6.97. The molecule has 0 bridgehead atoms. The molecule has 0 fully saturated rings. The third-order valence-corrected chi connectivity index (χ3v) is 1.53. The monoisotopic (exact) mass is 179 g/mol. The summed E-state index contributed by atoms with van der Waals surface area (Å²) in [4.78, 5) is 10.8. The minimum absolute atomic E-state index is 0.0817. The van der Waals surface area contributed by atoms with Crippen LogP contribution in [0.1, 0.15) is 0 Å². The number of carbonyl (C=O) groups excluding carboxylic acids is 1. The van der Waals surface area contributed by atoms with Crippen molar-refractivity contribution in [2.24, 2.45) is 0 Å². The van der Waals surface area contributed by atoms with E-state index < -0.39 is 12.8 Å². The molecule has 3 N–H and O–H groups in total. The fourth-order valence-corrected chi connectivity index (χ4v) is 0.836. The molecular formula is C8H10BNO3. The Balaban J connectivity index is 2.40. The Labute approximate surface area is 76.4 Å². The molecule has 0 aliphatic rings. The van der Waals surface area contributed by atoms with Gasteiger partial charge in [-0.05, 0) is 12.1 Å². The van der Waals surface area contributed by atoms with Crippen LogP contribution in [-0.4, -0.2) is 29.4 Å². The molecule has 0 saturated carbocycles. The Bertz CT molecular complexity index is 276. The molecule has 4 nitrogen and oxygen atoms in total. The van der Waals surface area contributed by atoms with Gasteiger partial charge in [0.1, 0.15) is 0 Å². The average Bonchev–Trinajstić information content (AvgIpc) is 2.15. The standard InChI is InChI=1S/C8H10BNO3/c11-8(9(12)13)6-10-7-4-2-1-3-5-7/h1-5,10,12-13H,6H2. The molecule has 0 aromatic heterocycles. The van der Waals surface area contributed by atoms with Gasteiger partial charge < -0.3 is 20.2 Å². The van der Waals surface area contributed by atoms with Crippen LogP contribution in [0.25, 0.3) is 0 Å². The van der Waals surface area contributed by atoms with Crippen LogP contribution in [0.4, 0.5) is 5.69 Å². The van der Waals surface area contributed by atoms with Gasteiger partial charge in [0, 0.05) is 5.69 Å². The lowest BCUT2D eigenvalue weighted by Crippen LogP contribution is -2.31. The topological polar surface area (TPSA) is 69.6 Å². The lowest BCUT2D eigenvalue weighted by molar-refractivity contribution is -0.112. The Morgan fingerprint density at radius 3 is 2.46 bits per heavy atom. The minimum Gasteiger partial charge on any atom is -0.421 e. The summed E-state index contributed by atoms with van der Waals surface area (Å²) in [6.07, 6.45) is 0. The van der Waals surface area contributed by atoms with Crippen molar-refractivity contribution in [3.63, 3.8) is 0 Å². The number of para-hydroxylation sites is 1. The quantitative estimate of drug-likeness (QED) is 0.554. The molecule has 1 aromatic carbocycles. The maximum absolute atomic E-state index is 10.8. The van der Waals surface area contributed by atoms with E-state index in [1.54, 1.807) is 12.1 Å². The van der Waals surface area contributed by atoms with E-state index in [2.05, 4.69) is 5.32 Å². The number of anilines is 1. The Hall–Kier alpha value is -1.33. The fraction of sp³-hybridized carbons (Fsp3) is 0.125. The number of nitrogens with one attached hydrogen (secondary N) is 1. The van der Waals surface area contributed by atoms with Crippen LogP contribution in [0.15, 0.2) is 30.3 Å². The maximum Gasteiger partial charge on any atom is 0.528 e. The number of benzene rings is 1. The summed E-state index contributed by atoms with van der Waals surface area (Å²) in [7, 11) is -1.89. The van der Waals surface area contributed by atoms with Crippen LogP contribution in [0.5, 0.6) is 0 Å². The normalized spacial score (nSPS) is 9.38. The van der Waals surface area contributed by atoms with Gasteiger partial charge in [0.25, 0.3) is 0 Å². The second kappa shape index (κ2) is 4.64. The first-order valence-electron chi connectivity index (χ1n) is 3.88. The van der Waals surface area contributed by atoms with Crippen molar-refractivity contribution < 1.29 is 14.8 Å². The first-order chi connectivity index (χ1) is 6.20. The van der Waals surface area contributed by atoms with E-state index in [0.717, 1.165) is 5.69 Å². The smallest absolute Gasteiger partial charge is 0.421 e. The molecule has 5 heteroatoms. The second-order valence-corrected chi connectivity index (χ2v) is 2.56. The Morgan fingerprint density at radius 2 is 1.92 bits per heavy atom. The highest BCUT2D eigenvalue weighted by Crippen LogP contribution is 2.03. The van der Waals surface area contributed by atoms with Gasteiger partial charge in [0.15, 0.2) is 5.68 Å². The molecule has 1 aromatic rings. The molecule has 0 aliphatic carbocycles. The van der Waals surface area contributed by atoms with Gasteiger partial charge in [-0.15, -0.1) is 0 Å². The highest BCUT2D eigenvalue weighted by Gasteiger charge is 2.18. The molecule has 0 spiro atoms. The third kappa shape index (κ3) is 3.27. The number of carbonyl (C=O) groups is 1. The maximum atomic E-state index is 10.8. The van der Waals surface area contributed by atoms with E-state index in [-0.39, 0.29) is 6.54 Å². The molecule has 0 heterocycles. The summed E-state index contributed by atoms with van der Waals surface area (Å²) < 4.78 is 0. The van der Waals surface area contributed by atoms with Gasteiger partial charge >= 0.3 is 7.12 Å². The van der Waals surface area contributed by atoms with E-state index in [1.165, 1.54) is 0 Å². The highest BCUT2D eigenvalue weighted by atomic mass is 16.4. The molecule has 0 unspecified atom stereocenters. The minimum atomic E-state index is -1.89. The zero-order chi connectivity index (χ0) is 9.68. The molecule has 68 valence electrons. The van der Waals surface area contributed by atoms with Gasteiger partial charge in [-0.3, -0.25) is 0 Å². The van der Waals surface area contributed by atoms with E-state index in [1.807, 2.05) is 18.2 Å². The van der Waals surface area contributed by atoms with Gasteiger partial charge in [-0.1, -0.05) is 18.2 Å². The molecular weight excluding hydrogens is 169 g/mol. The van der Waals surface area contributed by atoms with Gasteiger partial charge in [-0.25, -0.2) is 0 Å². The van der Waals surface area contributed by atoms with Crippen molar-refractivity contribution in [2.45, 2.75) is 0 Å². The van der Waals surface area contributed by atoms with Crippen LogP contribution < -0.4 is 5.32 Å². The van der Waals surface area contributed by atoms with Gasteiger partial charge in [0.05, 0.1) is 6.54 Å². The molecule has 0 saturated heterocycles. The van der Waals surface area contributed by atoms with Gasteiger partial charge in [0.2, 0.25) is 0 Å². The number of hydrogen-bond acceptors (Lipinski definition) is 4. The highest BCUT2D eigenvalue weighted by molar-refractivity contribution is 6.79. The fourth-order valence-electron chi connectivity index (χ4n) is 0.836. The van der Waals surface area contributed by atoms with Crippen molar-refractivity contribution in [3.05, 3.63) is 30.3 Å². The van der Waals surface area contributed by atoms with E-state index in [9.17, 15) is 4.79 Å². The molecule has 0 amide bonds. The zero-order valence-electron chi connectivity index (χ0n) is 6.97. The van der Waals surface area contributed by atoms with Crippen LogP contribution in [0, 0.1) is 0 Å².